The molecular weight excluding hydrogens is 250 g/mol. The van der Waals surface area contributed by atoms with Gasteiger partial charge in [0.15, 0.2) is 5.76 Å². The van der Waals surface area contributed by atoms with E-state index in [1.165, 1.54) is 0 Å². The van der Waals surface area contributed by atoms with Crippen LogP contribution in [0.4, 0.5) is 0 Å². The Hall–Kier alpha value is -0.940. The highest BCUT2D eigenvalue weighted by atomic mass is 32.2. The smallest absolute Gasteiger partial charge is 0.289 e. The van der Waals surface area contributed by atoms with Crippen molar-refractivity contribution in [3.05, 3.63) is 23.7 Å². The average molecular weight is 269 g/mol. The molecular formula is C13H19NO3S. The van der Waals surface area contributed by atoms with E-state index in [1.807, 2.05) is 12.3 Å². The van der Waals surface area contributed by atoms with Crippen LogP contribution >= 0.6 is 11.8 Å². The van der Waals surface area contributed by atoms with E-state index in [0.29, 0.717) is 18.8 Å². The van der Waals surface area contributed by atoms with Gasteiger partial charge in [-0.15, -0.1) is 0 Å². The van der Waals surface area contributed by atoms with Crippen molar-refractivity contribution in [2.45, 2.75) is 25.2 Å². The molecule has 0 radical (unpaired) electrons. The van der Waals surface area contributed by atoms with Crippen LogP contribution < -0.4 is 0 Å². The van der Waals surface area contributed by atoms with Crippen LogP contribution in [0.3, 0.4) is 0 Å². The number of hydrogen-bond acceptors (Lipinski definition) is 4. The van der Waals surface area contributed by atoms with Crippen molar-refractivity contribution >= 4 is 17.7 Å². The van der Waals surface area contributed by atoms with Gasteiger partial charge in [0.1, 0.15) is 5.76 Å². The van der Waals surface area contributed by atoms with Crippen molar-refractivity contribution < 1.29 is 14.3 Å². The zero-order chi connectivity index (χ0) is 13.1. The van der Waals surface area contributed by atoms with Gasteiger partial charge in [0.05, 0.1) is 11.9 Å². The van der Waals surface area contributed by atoms with Crippen LogP contribution in [0.5, 0.6) is 0 Å². The number of furan rings is 1. The standard InChI is InChI=1S/C13H19NO3S/c1-9(15)10-5-6-14(7-10)13(16)12-4-3-11(17-12)8-18-2/h3-4,9-10,15H,5-8H2,1-2H3. The third kappa shape index (κ3) is 2.90. The molecule has 1 aliphatic heterocycles. The first-order valence-electron chi connectivity index (χ1n) is 6.16. The normalized spacial score (nSPS) is 21.3. The third-order valence-electron chi connectivity index (χ3n) is 3.35. The van der Waals surface area contributed by atoms with Gasteiger partial charge in [-0.2, -0.15) is 11.8 Å². The third-order valence-corrected chi connectivity index (χ3v) is 3.93. The highest BCUT2D eigenvalue weighted by Crippen LogP contribution is 2.22. The summed E-state index contributed by atoms with van der Waals surface area (Å²) in [6, 6.07) is 3.59. The summed E-state index contributed by atoms with van der Waals surface area (Å²) in [6.07, 6.45) is 2.51. The SMILES string of the molecule is CSCc1ccc(C(=O)N2CCC(C(C)O)C2)o1. The van der Waals surface area contributed by atoms with Gasteiger partial charge in [-0.3, -0.25) is 4.79 Å². The second-order valence-electron chi connectivity index (χ2n) is 4.74. The quantitative estimate of drug-likeness (QED) is 0.908. The Kier molecular flexibility index (Phi) is 4.35. The van der Waals surface area contributed by atoms with Crippen LogP contribution in [0, 0.1) is 5.92 Å². The Morgan fingerprint density at radius 2 is 2.44 bits per heavy atom. The van der Waals surface area contributed by atoms with Gasteiger partial charge in [0, 0.05) is 19.0 Å². The van der Waals surface area contributed by atoms with E-state index >= 15 is 0 Å². The van der Waals surface area contributed by atoms with Crippen molar-refractivity contribution in [2.75, 3.05) is 19.3 Å². The highest BCUT2D eigenvalue weighted by molar-refractivity contribution is 7.97. The van der Waals surface area contributed by atoms with Gasteiger partial charge in [-0.1, -0.05) is 0 Å². The lowest BCUT2D eigenvalue weighted by atomic mass is 10.0. The number of thioether (sulfide) groups is 1. The van der Waals surface area contributed by atoms with Crippen LogP contribution in [-0.4, -0.2) is 41.4 Å². The van der Waals surface area contributed by atoms with Gasteiger partial charge < -0.3 is 14.4 Å². The topological polar surface area (TPSA) is 53.7 Å². The summed E-state index contributed by atoms with van der Waals surface area (Å²) in [5, 5.41) is 9.53. The Labute approximate surface area is 111 Å². The van der Waals surface area contributed by atoms with E-state index in [-0.39, 0.29) is 17.9 Å². The first-order chi connectivity index (χ1) is 8.61. The molecule has 100 valence electrons. The van der Waals surface area contributed by atoms with Gasteiger partial charge in [0.2, 0.25) is 0 Å². The van der Waals surface area contributed by atoms with Crippen molar-refractivity contribution in [2.24, 2.45) is 5.92 Å². The summed E-state index contributed by atoms with van der Waals surface area (Å²) >= 11 is 1.66. The van der Waals surface area contributed by atoms with Gasteiger partial charge in [-0.05, 0) is 31.7 Å². The summed E-state index contributed by atoms with van der Waals surface area (Å²) in [5.74, 6) is 2.14. The number of aliphatic hydroxyl groups excluding tert-OH is 1. The van der Waals surface area contributed by atoms with E-state index in [1.54, 1.807) is 29.7 Å². The number of aliphatic hydroxyl groups is 1. The minimum atomic E-state index is -0.355. The molecule has 2 unspecified atom stereocenters. The fourth-order valence-electron chi connectivity index (χ4n) is 2.23. The molecule has 0 saturated carbocycles. The maximum atomic E-state index is 12.2. The van der Waals surface area contributed by atoms with Crippen LogP contribution in [0.2, 0.25) is 0 Å². The number of amides is 1. The second-order valence-corrected chi connectivity index (χ2v) is 5.61. The predicted octanol–water partition coefficient (Wildman–Crippen LogP) is 1.99. The van der Waals surface area contributed by atoms with Crippen LogP contribution in [0.1, 0.15) is 29.7 Å². The van der Waals surface area contributed by atoms with Gasteiger partial charge in [-0.25, -0.2) is 0 Å². The van der Waals surface area contributed by atoms with E-state index in [9.17, 15) is 9.90 Å². The maximum Gasteiger partial charge on any atom is 0.289 e. The number of rotatable bonds is 4. The van der Waals surface area contributed by atoms with Crippen LogP contribution in [-0.2, 0) is 5.75 Å². The largest absolute Gasteiger partial charge is 0.455 e. The molecule has 1 fully saturated rings. The number of nitrogens with zero attached hydrogens (tertiary/aromatic N) is 1. The first kappa shape index (κ1) is 13.5. The minimum absolute atomic E-state index is 0.0643. The molecule has 1 saturated heterocycles. The van der Waals surface area contributed by atoms with E-state index in [4.69, 9.17) is 4.42 Å². The molecule has 0 aliphatic carbocycles. The zero-order valence-electron chi connectivity index (χ0n) is 10.8. The summed E-state index contributed by atoms with van der Waals surface area (Å²) in [6.45, 7) is 3.10. The summed E-state index contributed by atoms with van der Waals surface area (Å²) in [4.78, 5) is 13.9. The van der Waals surface area contributed by atoms with Crippen molar-refractivity contribution in [3.8, 4) is 0 Å². The predicted molar refractivity (Wildman–Crippen MR) is 71.6 cm³/mol. The molecule has 4 nitrogen and oxygen atoms in total. The van der Waals surface area contributed by atoms with Crippen molar-refractivity contribution in [1.29, 1.82) is 0 Å². The zero-order valence-corrected chi connectivity index (χ0v) is 11.6. The Morgan fingerprint density at radius 3 is 3.06 bits per heavy atom. The molecule has 5 heteroatoms. The Morgan fingerprint density at radius 1 is 1.67 bits per heavy atom. The fourth-order valence-corrected chi connectivity index (χ4v) is 2.67. The average Bonchev–Trinajstić information content (AvgIpc) is 2.97. The maximum absolute atomic E-state index is 12.2. The molecule has 2 heterocycles. The van der Waals surface area contributed by atoms with Gasteiger partial charge >= 0.3 is 0 Å². The first-order valence-corrected chi connectivity index (χ1v) is 7.56. The lowest BCUT2D eigenvalue weighted by Crippen LogP contribution is -2.30. The fraction of sp³-hybridized carbons (Fsp3) is 0.615. The molecule has 2 atom stereocenters. The molecule has 18 heavy (non-hydrogen) atoms. The van der Waals surface area contributed by atoms with Crippen LogP contribution in [0.15, 0.2) is 16.5 Å². The van der Waals surface area contributed by atoms with Gasteiger partial charge in [0.25, 0.3) is 5.91 Å². The molecule has 1 amide bonds. The number of carbonyl (C=O) groups excluding carboxylic acids is 1. The second kappa shape index (κ2) is 5.80. The summed E-state index contributed by atoms with van der Waals surface area (Å²) in [7, 11) is 0. The summed E-state index contributed by atoms with van der Waals surface area (Å²) in [5.41, 5.74) is 0. The monoisotopic (exact) mass is 269 g/mol. The van der Waals surface area contributed by atoms with Crippen molar-refractivity contribution in [1.82, 2.24) is 4.90 Å². The lowest BCUT2D eigenvalue weighted by molar-refractivity contribution is 0.0730. The number of hydrogen-bond donors (Lipinski definition) is 1. The number of carbonyl (C=O) groups is 1. The molecule has 0 bridgehead atoms. The minimum Gasteiger partial charge on any atom is -0.455 e. The molecule has 1 N–H and O–H groups in total. The van der Waals surface area contributed by atoms with E-state index in [0.717, 1.165) is 17.9 Å². The Balaban J connectivity index is 1.99. The molecule has 2 rings (SSSR count). The van der Waals surface area contributed by atoms with Crippen molar-refractivity contribution in [3.63, 3.8) is 0 Å². The Bertz CT molecular complexity index is 416. The summed E-state index contributed by atoms with van der Waals surface area (Å²) < 4.78 is 5.52. The molecule has 0 spiro atoms. The molecule has 0 aromatic carbocycles. The van der Waals surface area contributed by atoms with Crippen LogP contribution in [0.25, 0.3) is 0 Å². The highest BCUT2D eigenvalue weighted by Gasteiger charge is 2.30. The number of likely N-dealkylation sites (tertiary alicyclic amines) is 1. The van der Waals surface area contributed by atoms with E-state index in [2.05, 4.69) is 0 Å². The molecule has 1 aliphatic rings. The molecule has 1 aromatic heterocycles. The van der Waals surface area contributed by atoms with E-state index < -0.39 is 0 Å². The lowest BCUT2D eigenvalue weighted by Gasteiger charge is -2.16. The molecule has 1 aromatic rings.